The van der Waals surface area contributed by atoms with Gasteiger partial charge in [0.05, 0.1) is 0 Å². The Hall–Kier alpha value is -4.20. The zero-order valence-corrected chi connectivity index (χ0v) is 19.2. The van der Waals surface area contributed by atoms with Crippen molar-refractivity contribution in [1.82, 2.24) is 14.8 Å². The van der Waals surface area contributed by atoms with Crippen LogP contribution in [0.3, 0.4) is 0 Å². The van der Waals surface area contributed by atoms with Crippen LogP contribution >= 0.6 is 0 Å². The number of aromatic nitrogens is 1. The number of carbonyl (C=O) groups is 3. The van der Waals surface area contributed by atoms with Crippen LogP contribution in [0.1, 0.15) is 29.4 Å². The van der Waals surface area contributed by atoms with Gasteiger partial charge in [-0.2, -0.15) is 0 Å². The second kappa shape index (κ2) is 9.35. The second-order valence-corrected chi connectivity index (χ2v) is 8.08. The van der Waals surface area contributed by atoms with Gasteiger partial charge in [0.2, 0.25) is 5.91 Å². The number of imide groups is 1. The molecule has 2 heterocycles. The van der Waals surface area contributed by atoms with E-state index in [1.807, 2.05) is 32.0 Å². The van der Waals surface area contributed by atoms with Gasteiger partial charge >= 0.3 is 6.03 Å². The number of amides is 4. The summed E-state index contributed by atoms with van der Waals surface area (Å²) in [5.74, 6) is -1.58. The molecule has 0 bridgehead atoms. The smallest absolute Gasteiger partial charge is 0.325 e. The zero-order valence-electron chi connectivity index (χ0n) is 19.2. The number of nitrogens with one attached hydrogen (secondary N) is 2. The molecule has 0 spiro atoms. The highest BCUT2D eigenvalue weighted by molar-refractivity contribution is 6.16. The van der Waals surface area contributed by atoms with E-state index in [-0.39, 0.29) is 5.70 Å². The molecule has 1 fully saturated rings. The molecule has 34 heavy (non-hydrogen) atoms. The lowest BCUT2D eigenvalue weighted by Gasteiger charge is -2.14. The lowest BCUT2D eigenvalue weighted by molar-refractivity contribution is -0.127. The standard InChI is InChI=1S/C26H25FN4O3/c1-4-18-7-5-6-8-23(18)31-16(2)13-19(17(31)3)14-22-25(33)30(26(34)29-22)15-24(32)28-21-11-9-20(27)10-12-21/h5-14H,4,15H2,1-3H3,(H,28,32)(H,29,34)/b22-14-. The largest absolute Gasteiger partial charge is 0.329 e. The van der Waals surface area contributed by atoms with Crippen LogP contribution in [0.25, 0.3) is 11.8 Å². The maximum Gasteiger partial charge on any atom is 0.329 e. The number of para-hydroxylation sites is 1. The first kappa shape index (κ1) is 23.0. The molecule has 0 saturated carbocycles. The molecule has 1 aromatic heterocycles. The SMILES string of the molecule is CCc1ccccc1-n1c(C)cc(/C=C2\NC(=O)N(CC(=O)Nc3ccc(F)cc3)C2=O)c1C. The molecular formula is C26H25FN4O3. The molecule has 1 saturated heterocycles. The molecule has 0 aliphatic carbocycles. The average molecular weight is 461 g/mol. The maximum atomic E-state index is 13.0. The molecule has 2 N–H and O–H groups in total. The number of carbonyl (C=O) groups excluding carboxylic acids is 3. The van der Waals surface area contributed by atoms with E-state index in [9.17, 15) is 18.8 Å². The van der Waals surface area contributed by atoms with Gasteiger partial charge in [-0.05, 0) is 73.9 Å². The van der Waals surface area contributed by atoms with E-state index < -0.39 is 30.2 Å². The maximum absolute atomic E-state index is 13.0. The number of nitrogens with zero attached hydrogens (tertiary/aromatic N) is 2. The minimum absolute atomic E-state index is 0.101. The molecule has 174 valence electrons. The molecule has 7 nitrogen and oxygen atoms in total. The van der Waals surface area contributed by atoms with Crippen molar-refractivity contribution in [2.24, 2.45) is 0 Å². The van der Waals surface area contributed by atoms with Gasteiger partial charge < -0.3 is 15.2 Å². The lowest BCUT2D eigenvalue weighted by Crippen LogP contribution is -2.38. The third-order valence-corrected chi connectivity index (χ3v) is 5.78. The van der Waals surface area contributed by atoms with Gasteiger partial charge in [-0.1, -0.05) is 25.1 Å². The Labute approximate surface area is 196 Å². The van der Waals surface area contributed by atoms with Crippen molar-refractivity contribution in [1.29, 1.82) is 0 Å². The highest BCUT2D eigenvalue weighted by Gasteiger charge is 2.35. The summed E-state index contributed by atoms with van der Waals surface area (Å²) < 4.78 is 15.2. The Balaban J connectivity index is 1.54. The van der Waals surface area contributed by atoms with Gasteiger partial charge in [0.1, 0.15) is 18.1 Å². The fourth-order valence-corrected chi connectivity index (χ4v) is 4.08. The summed E-state index contributed by atoms with van der Waals surface area (Å²) in [7, 11) is 0. The number of rotatable bonds is 6. The van der Waals surface area contributed by atoms with Crippen molar-refractivity contribution in [2.75, 3.05) is 11.9 Å². The van der Waals surface area contributed by atoms with Crippen molar-refractivity contribution < 1.29 is 18.8 Å². The van der Waals surface area contributed by atoms with Crippen molar-refractivity contribution in [3.63, 3.8) is 0 Å². The van der Waals surface area contributed by atoms with Gasteiger partial charge in [-0.25, -0.2) is 14.1 Å². The molecule has 0 radical (unpaired) electrons. The highest BCUT2D eigenvalue weighted by atomic mass is 19.1. The normalized spacial score (nSPS) is 14.6. The number of hydrogen-bond acceptors (Lipinski definition) is 3. The van der Waals surface area contributed by atoms with Gasteiger partial charge in [-0.15, -0.1) is 0 Å². The van der Waals surface area contributed by atoms with Crippen LogP contribution in [0.5, 0.6) is 0 Å². The van der Waals surface area contributed by atoms with Gasteiger partial charge in [0.15, 0.2) is 0 Å². The van der Waals surface area contributed by atoms with Crippen LogP contribution in [0, 0.1) is 19.7 Å². The summed E-state index contributed by atoms with van der Waals surface area (Å²) in [6, 6.07) is 14.6. The van der Waals surface area contributed by atoms with Crippen LogP contribution in [0.4, 0.5) is 14.9 Å². The van der Waals surface area contributed by atoms with E-state index in [2.05, 4.69) is 34.3 Å². The van der Waals surface area contributed by atoms with E-state index in [1.165, 1.54) is 29.8 Å². The first-order valence-electron chi connectivity index (χ1n) is 11.0. The molecule has 2 aromatic carbocycles. The van der Waals surface area contributed by atoms with Crippen LogP contribution in [0.15, 0.2) is 60.3 Å². The first-order valence-corrected chi connectivity index (χ1v) is 11.0. The quantitative estimate of drug-likeness (QED) is 0.424. The fourth-order valence-electron chi connectivity index (χ4n) is 4.08. The lowest BCUT2D eigenvalue weighted by atomic mass is 10.1. The number of anilines is 1. The van der Waals surface area contributed by atoms with Crippen molar-refractivity contribution in [3.8, 4) is 5.69 Å². The molecular weight excluding hydrogens is 435 g/mol. The molecule has 4 rings (SSSR count). The average Bonchev–Trinajstić information content (AvgIpc) is 3.24. The minimum atomic E-state index is -0.671. The third kappa shape index (κ3) is 4.47. The van der Waals surface area contributed by atoms with E-state index in [0.717, 1.165) is 34.0 Å². The summed E-state index contributed by atoms with van der Waals surface area (Å²) >= 11 is 0. The number of aryl methyl sites for hydroxylation is 2. The zero-order chi connectivity index (χ0) is 24.4. The van der Waals surface area contributed by atoms with E-state index in [4.69, 9.17) is 0 Å². The summed E-state index contributed by atoms with van der Waals surface area (Å²) in [6.07, 6.45) is 2.51. The molecule has 3 aromatic rings. The molecule has 1 aliphatic rings. The van der Waals surface area contributed by atoms with E-state index in [0.29, 0.717) is 5.69 Å². The molecule has 8 heteroatoms. The Kier molecular flexibility index (Phi) is 6.32. The van der Waals surface area contributed by atoms with Crippen molar-refractivity contribution >= 4 is 29.6 Å². The molecule has 0 unspecified atom stereocenters. The van der Waals surface area contributed by atoms with Gasteiger partial charge in [-0.3, -0.25) is 9.59 Å². The topological polar surface area (TPSA) is 83.4 Å². The monoisotopic (exact) mass is 460 g/mol. The first-order chi connectivity index (χ1) is 16.3. The van der Waals surface area contributed by atoms with Crippen molar-refractivity contribution in [2.45, 2.75) is 27.2 Å². The summed E-state index contributed by atoms with van der Waals surface area (Å²) in [6.45, 7) is 5.59. The second-order valence-electron chi connectivity index (χ2n) is 8.08. The molecule has 0 atom stereocenters. The van der Waals surface area contributed by atoms with Crippen LogP contribution < -0.4 is 10.6 Å². The van der Waals surface area contributed by atoms with Gasteiger partial charge in [0.25, 0.3) is 5.91 Å². The summed E-state index contributed by atoms with van der Waals surface area (Å²) in [4.78, 5) is 38.4. The van der Waals surface area contributed by atoms with Crippen LogP contribution in [-0.4, -0.2) is 33.9 Å². The van der Waals surface area contributed by atoms with Crippen LogP contribution in [0.2, 0.25) is 0 Å². The Morgan fingerprint density at radius 3 is 2.50 bits per heavy atom. The highest BCUT2D eigenvalue weighted by Crippen LogP contribution is 2.26. The number of hydrogen-bond donors (Lipinski definition) is 2. The Morgan fingerprint density at radius 1 is 1.09 bits per heavy atom. The van der Waals surface area contributed by atoms with E-state index >= 15 is 0 Å². The van der Waals surface area contributed by atoms with E-state index in [1.54, 1.807) is 6.08 Å². The van der Waals surface area contributed by atoms with Crippen molar-refractivity contribution in [3.05, 3.63) is 88.6 Å². The van der Waals surface area contributed by atoms with Crippen LogP contribution in [-0.2, 0) is 16.0 Å². The van der Waals surface area contributed by atoms with Gasteiger partial charge in [0, 0.05) is 22.8 Å². The number of halogens is 1. The number of urea groups is 1. The Bertz CT molecular complexity index is 1310. The molecule has 1 aliphatic heterocycles. The summed E-state index contributed by atoms with van der Waals surface area (Å²) in [5.41, 5.74) is 5.47. The summed E-state index contributed by atoms with van der Waals surface area (Å²) in [5, 5.41) is 5.11. The number of benzene rings is 2. The third-order valence-electron chi connectivity index (χ3n) is 5.78. The predicted octanol–water partition coefficient (Wildman–Crippen LogP) is 4.33. The minimum Gasteiger partial charge on any atom is -0.325 e. The fraction of sp³-hybridized carbons (Fsp3) is 0.192. The molecule has 4 amide bonds. The Morgan fingerprint density at radius 2 is 1.79 bits per heavy atom. The predicted molar refractivity (Wildman–Crippen MR) is 128 cm³/mol.